The third kappa shape index (κ3) is 3.09. The third-order valence-electron chi connectivity index (χ3n) is 6.02. The second kappa shape index (κ2) is 7.44. The third-order valence-corrected chi connectivity index (χ3v) is 6.02. The minimum Gasteiger partial charge on any atom is -0.384 e. The molecule has 152 valence electrons. The quantitative estimate of drug-likeness (QED) is 0.533. The lowest BCUT2D eigenvalue weighted by Crippen LogP contribution is -2.33. The van der Waals surface area contributed by atoms with Crippen molar-refractivity contribution in [3.8, 4) is 5.69 Å². The number of nitrogens with two attached hydrogens (primary N) is 1. The number of carbonyl (C=O) groups excluding carboxylic acids is 1. The number of fused-ring (bicyclic) bond motifs is 2. The van der Waals surface area contributed by atoms with Crippen LogP contribution in [0.4, 0.5) is 5.82 Å². The summed E-state index contributed by atoms with van der Waals surface area (Å²) < 4.78 is 1.85. The topological polar surface area (TPSA) is 85.8 Å². The van der Waals surface area contributed by atoms with Crippen molar-refractivity contribution in [1.82, 2.24) is 19.9 Å². The average molecular weight is 399 g/mol. The van der Waals surface area contributed by atoms with E-state index in [1.54, 1.807) is 0 Å². The Morgan fingerprint density at radius 1 is 1.07 bits per heavy atom. The van der Waals surface area contributed by atoms with E-state index in [1.807, 2.05) is 41.0 Å². The van der Waals surface area contributed by atoms with Crippen molar-refractivity contribution in [2.75, 3.05) is 5.73 Å². The summed E-state index contributed by atoms with van der Waals surface area (Å²) in [5.41, 5.74) is 11.8. The maximum Gasteiger partial charge on any atom is 0.257 e. The Morgan fingerprint density at radius 2 is 1.73 bits per heavy atom. The Labute approximate surface area is 175 Å². The standard InChI is InChI=1S/C24H25N5O/c1-2-15-11-13-17(14-12-15)29-22(25)20(24(30)26-16-7-3-4-8-16)21-23(29)28-19-10-6-5-9-18(19)27-21/h5-6,9-14,16H,2-4,7-8,25H2,1H3,(H,26,30). The zero-order chi connectivity index (χ0) is 20.7. The molecule has 1 fully saturated rings. The number of nitrogens with zero attached hydrogens (tertiary/aromatic N) is 3. The molecule has 1 amide bonds. The number of anilines is 1. The van der Waals surface area contributed by atoms with Crippen LogP contribution in [0.5, 0.6) is 0 Å². The fourth-order valence-corrected chi connectivity index (χ4v) is 4.36. The van der Waals surface area contributed by atoms with Crippen LogP contribution in [-0.4, -0.2) is 26.5 Å². The van der Waals surface area contributed by atoms with Crippen LogP contribution in [0.3, 0.4) is 0 Å². The highest BCUT2D eigenvalue weighted by atomic mass is 16.1. The predicted octanol–water partition coefficient (Wildman–Crippen LogP) is 4.39. The normalized spacial score (nSPS) is 14.6. The summed E-state index contributed by atoms with van der Waals surface area (Å²) in [5, 5.41) is 3.16. The fourth-order valence-electron chi connectivity index (χ4n) is 4.36. The minimum atomic E-state index is -0.169. The molecule has 4 aromatic rings. The first-order chi connectivity index (χ1) is 14.7. The molecule has 6 heteroatoms. The van der Waals surface area contributed by atoms with Gasteiger partial charge in [0.2, 0.25) is 0 Å². The molecule has 1 saturated carbocycles. The Balaban J connectivity index is 1.72. The molecule has 5 rings (SSSR count). The van der Waals surface area contributed by atoms with Crippen molar-refractivity contribution < 1.29 is 4.79 Å². The van der Waals surface area contributed by atoms with Crippen molar-refractivity contribution >= 4 is 33.9 Å². The SMILES string of the molecule is CCc1ccc(-n2c(N)c(C(=O)NC3CCCC3)c3nc4ccccc4nc32)cc1. The highest BCUT2D eigenvalue weighted by Gasteiger charge is 2.27. The summed E-state index contributed by atoms with van der Waals surface area (Å²) in [6, 6.07) is 16.1. The smallest absolute Gasteiger partial charge is 0.257 e. The van der Waals surface area contributed by atoms with Crippen LogP contribution < -0.4 is 11.1 Å². The van der Waals surface area contributed by atoms with Gasteiger partial charge in [-0.1, -0.05) is 44.0 Å². The highest BCUT2D eigenvalue weighted by Crippen LogP contribution is 2.31. The van der Waals surface area contributed by atoms with E-state index in [9.17, 15) is 4.79 Å². The van der Waals surface area contributed by atoms with Gasteiger partial charge in [-0.15, -0.1) is 0 Å². The van der Waals surface area contributed by atoms with Gasteiger partial charge in [0.15, 0.2) is 5.65 Å². The van der Waals surface area contributed by atoms with Crippen LogP contribution in [0.1, 0.15) is 48.5 Å². The van der Waals surface area contributed by atoms with Crippen molar-refractivity contribution in [2.45, 2.75) is 45.1 Å². The van der Waals surface area contributed by atoms with Crippen molar-refractivity contribution in [3.05, 3.63) is 59.7 Å². The Kier molecular flexibility index (Phi) is 4.62. The van der Waals surface area contributed by atoms with Crippen LogP contribution in [0.15, 0.2) is 48.5 Å². The molecule has 0 unspecified atom stereocenters. The molecule has 1 aliphatic carbocycles. The van der Waals surface area contributed by atoms with E-state index >= 15 is 0 Å². The first kappa shape index (κ1) is 18.6. The number of hydrogen-bond donors (Lipinski definition) is 2. The highest BCUT2D eigenvalue weighted by molar-refractivity contribution is 6.11. The molecule has 0 radical (unpaired) electrons. The van der Waals surface area contributed by atoms with E-state index in [1.165, 1.54) is 5.56 Å². The van der Waals surface area contributed by atoms with Crippen LogP contribution in [0.25, 0.3) is 27.9 Å². The Hall–Kier alpha value is -3.41. The molecule has 2 aromatic carbocycles. The number of amides is 1. The van der Waals surface area contributed by atoms with Gasteiger partial charge >= 0.3 is 0 Å². The van der Waals surface area contributed by atoms with E-state index in [4.69, 9.17) is 15.7 Å². The maximum absolute atomic E-state index is 13.2. The van der Waals surface area contributed by atoms with E-state index in [-0.39, 0.29) is 11.9 Å². The lowest BCUT2D eigenvalue weighted by atomic mass is 10.1. The number of rotatable bonds is 4. The van der Waals surface area contributed by atoms with Gasteiger partial charge in [-0.25, -0.2) is 9.97 Å². The zero-order valence-electron chi connectivity index (χ0n) is 17.1. The number of nitrogen functional groups attached to an aromatic ring is 1. The predicted molar refractivity (Wildman–Crippen MR) is 120 cm³/mol. The molecule has 0 spiro atoms. The monoisotopic (exact) mass is 399 g/mol. The molecule has 0 saturated heterocycles. The number of nitrogens with one attached hydrogen (secondary N) is 1. The lowest BCUT2D eigenvalue weighted by Gasteiger charge is -2.12. The number of benzene rings is 2. The molecule has 2 aromatic heterocycles. The van der Waals surface area contributed by atoms with E-state index < -0.39 is 0 Å². The molecule has 0 aliphatic heterocycles. The summed E-state index contributed by atoms with van der Waals surface area (Å²) in [7, 11) is 0. The first-order valence-electron chi connectivity index (χ1n) is 10.6. The van der Waals surface area contributed by atoms with Gasteiger partial charge in [0.25, 0.3) is 5.91 Å². The molecule has 3 N–H and O–H groups in total. The fraction of sp³-hybridized carbons (Fsp3) is 0.292. The van der Waals surface area contributed by atoms with Crippen LogP contribution in [0.2, 0.25) is 0 Å². The molecule has 1 aliphatic rings. The van der Waals surface area contributed by atoms with Crippen LogP contribution in [0, 0.1) is 0 Å². The zero-order valence-corrected chi connectivity index (χ0v) is 17.1. The molecule has 0 atom stereocenters. The summed E-state index contributed by atoms with van der Waals surface area (Å²) in [6.45, 7) is 2.12. The van der Waals surface area contributed by atoms with E-state index in [2.05, 4.69) is 24.4 Å². The second-order valence-electron chi connectivity index (χ2n) is 7.96. The van der Waals surface area contributed by atoms with Gasteiger partial charge in [-0.2, -0.15) is 0 Å². The summed E-state index contributed by atoms with van der Waals surface area (Å²) in [6.07, 6.45) is 5.28. The number of aromatic nitrogens is 3. The average Bonchev–Trinajstić information content (AvgIpc) is 3.37. The van der Waals surface area contributed by atoms with Gasteiger partial charge in [-0.05, 0) is 49.1 Å². The summed E-state index contributed by atoms with van der Waals surface area (Å²) in [5.74, 6) is 0.206. The molecular weight excluding hydrogens is 374 g/mol. The summed E-state index contributed by atoms with van der Waals surface area (Å²) >= 11 is 0. The van der Waals surface area contributed by atoms with E-state index in [0.29, 0.717) is 22.5 Å². The molecule has 2 heterocycles. The Bertz CT molecular complexity index is 1240. The largest absolute Gasteiger partial charge is 0.384 e. The number of aryl methyl sites for hydroxylation is 1. The van der Waals surface area contributed by atoms with E-state index in [0.717, 1.165) is 48.8 Å². The minimum absolute atomic E-state index is 0.169. The Morgan fingerprint density at radius 3 is 2.40 bits per heavy atom. The first-order valence-corrected chi connectivity index (χ1v) is 10.6. The van der Waals surface area contributed by atoms with Crippen molar-refractivity contribution in [1.29, 1.82) is 0 Å². The second-order valence-corrected chi connectivity index (χ2v) is 7.96. The van der Waals surface area contributed by atoms with Crippen LogP contribution in [-0.2, 0) is 6.42 Å². The molecule has 6 nitrogen and oxygen atoms in total. The number of carbonyl (C=O) groups is 1. The maximum atomic E-state index is 13.2. The number of hydrogen-bond acceptors (Lipinski definition) is 4. The van der Waals surface area contributed by atoms with Gasteiger partial charge in [0.1, 0.15) is 16.9 Å². The van der Waals surface area contributed by atoms with Crippen molar-refractivity contribution in [3.63, 3.8) is 0 Å². The summed E-state index contributed by atoms with van der Waals surface area (Å²) in [4.78, 5) is 22.9. The lowest BCUT2D eigenvalue weighted by molar-refractivity contribution is 0.0940. The number of para-hydroxylation sites is 2. The van der Waals surface area contributed by atoms with Crippen molar-refractivity contribution in [2.24, 2.45) is 0 Å². The molecule has 30 heavy (non-hydrogen) atoms. The van der Waals surface area contributed by atoms with Crippen LogP contribution >= 0.6 is 0 Å². The van der Waals surface area contributed by atoms with Gasteiger partial charge in [0, 0.05) is 11.7 Å². The molecular formula is C24H25N5O. The van der Waals surface area contributed by atoms with Gasteiger partial charge < -0.3 is 11.1 Å². The van der Waals surface area contributed by atoms with Gasteiger partial charge in [0.05, 0.1) is 11.0 Å². The van der Waals surface area contributed by atoms with Gasteiger partial charge in [-0.3, -0.25) is 9.36 Å². The molecule has 0 bridgehead atoms.